The lowest BCUT2D eigenvalue weighted by atomic mass is 9.96. The number of aryl methyl sites for hydroxylation is 1. The third-order valence-electron chi connectivity index (χ3n) is 7.28. The van der Waals surface area contributed by atoms with Crippen LogP contribution in [0.2, 0.25) is 5.02 Å². The zero-order valence-electron chi connectivity index (χ0n) is 23.1. The Morgan fingerprint density at radius 2 is 1.80 bits per heavy atom. The van der Waals surface area contributed by atoms with Gasteiger partial charge in [0.2, 0.25) is 5.91 Å². The van der Waals surface area contributed by atoms with Gasteiger partial charge in [0.25, 0.3) is 0 Å². The number of hydrogen-bond donors (Lipinski definition) is 3. The second kappa shape index (κ2) is 11.3. The van der Waals surface area contributed by atoms with E-state index < -0.39 is 5.97 Å². The molecule has 1 fully saturated rings. The number of para-hydroxylation sites is 1. The zero-order valence-corrected chi connectivity index (χ0v) is 24.6. The summed E-state index contributed by atoms with van der Waals surface area (Å²) >= 11 is 12.5. The number of carboxylic acid groups (broad SMARTS) is 1. The Morgan fingerprint density at radius 1 is 1.07 bits per heavy atom. The Labute approximate surface area is 249 Å². The Balaban J connectivity index is 1.65. The van der Waals surface area contributed by atoms with E-state index >= 15 is 0 Å². The van der Waals surface area contributed by atoms with Crippen LogP contribution in [0.4, 0.5) is 11.4 Å². The predicted molar refractivity (Wildman–Crippen MR) is 165 cm³/mol. The topological polar surface area (TPSA) is 99.5 Å². The summed E-state index contributed by atoms with van der Waals surface area (Å²) in [5, 5.41) is 17.1. The summed E-state index contributed by atoms with van der Waals surface area (Å²) in [5.41, 5.74) is 5.60. The minimum Gasteiger partial charge on any atom is -0.478 e. The van der Waals surface area contributed by atoms with Gasteiger partial charge in [0.05, 0.1) is 39.7 Å². The molecule has 0 radical (unpaired) electrons. The van der Waals surface area contributed by atoms with Crippen LogP contribution in [0.15, 0.2) is 72.9 Å². The van der Waals surface area contributed by atoms with Gasteiger partial charge in [-0.25, -0.2) is 4.79 Å². The monoisotopic (exact) mass is 587 g/mol. The largest absolute Gasteiger partial charge is 0.478 e. The Hall–Kier alpha value is -4.21. The predicted octanol–water partition coefficient (Wildman–Crippen LogP) is 6.61. The van der Waals surface area contributed by atoms with Crippen LogP contribution in [-0.4, -0.2) is 31.6 Å². The van der Waals surface area contributed by atoms with Crippen LogP contribution in [0.3, 0.4) is 0 Å². The smallest absolute Gasteiger partial charge is 0.337 e. The summed E-state index contributed by atoms with van der Waals surface area (Å²) in [5.74, 6) is -1.31. The number of hydrogen-bond acceptors (Lipinski definition) is 4. The number of rotatable bonds is 7. The molecular weight excluding hydrogens is 558 g/mol. The molecule has 2 aromatic heterocycles. The van der Waals surface area contributed by atoms with Crippen LogP contribution in [0.1, 0.15) is 58.9 Å². The lowest BCUT2D eigenvalue weighted by Gasteiger charge is -2.28. The first kappa shape index (κ1) is 28.3. The van der Waals surface area contributed by atoms with Gasteiger partial charge >= 0.3 is 5.97 Å². The summed E-state index contributed by atoms with van der Waals surface area (Å²) in [6.45, 7) is 7.58. The molecule has 4 aromatic rings. The van der Waals surface area contributed by atoms with Crippen molar-refractivity contribution in [3.8, 4) is 5.69 Å². The van der Waals surface area contributed by atoms with Crippen LogP contribution in [0.25, 0.3) is 5.69 Å². The molecule has 1 aliphatic heterocycles. The maximum absolute atomic E-state index is 12.3. The van der Waals surface area contributed by atoms with Gasteiger partial charge in [0.15, 0.2) is 5.11 Å². The summed E-state index contributed by atoms with van der Waals surface area (Å²) in [6.07, 6.45) is 1.75. The quantitative estimate of drug-likeness (QED) is 0.209. The van der Waals surface area contributed by atoms with E-state index in [4.69, 9.17) is 23.8 Å². The normalized spacial score (nSPS) is 16.6. The van der Waals surface area contributed by atoms with Crippen molar-refractivity contribution in [2.24, 2.45) is 5.92 Å². The van der Waals surface area contributed by atoms with Crippen molar-refractivity contribution < 1.29 is 14.7 Å². The molecule has 8 nitrogen and oxygen atoms in total. The molecule has 2 aromatic carbocycles. The van der Waals surface area contributed by atoms with Gasteiger partial charge in [-0.3, -0.25) is 9.78 Å². The van der Waals surface area contributed by atoms with Crippen molar-refractivity contribution in [3.63, 3.8) is 0 Å². The number of carbonyl (C=O) groups is 2. The lowest BCUT2D eigenvalue weighted by Crippen LogP contribution is -2.29. The van der Waals surface area contributed by atoms with Gasteiger partial charge in [-0.05, 0) is 80.2 Å². The van der Waals surface area contributed by atoms with E-state index in [1.807, 2.05) is 73.6 Å². The SMILES string of the molecule is Cc1cc([C@H]2[C@@H](c3ccccn3)NC(=S)N2c2ccc(NC(=O)C(C)C)c(Cl)c2)c(C)n1-c1ccccc1C(=O)O. The second-order valence-corrected chi connectivity index (χ2v) is 11.1. The molecule has 210 valence electrons. The average molecular weight is 588 g/mol. The highest BCUT2D eigenvalue weighted by Gasteiger charge is 2.42. The molecule has 0 aliphatic carbocycles. The number of halogens is 1. The molecule has 3 N–H and O–H groups in total. The second-order valence-electron chi connectivity index (χ2n) is 10.3. The third kappa shape index (κ3) is 5.30. The Bertz CT molecular complexity index is 1650. The fourth-order valence-electron chi connectivity index (χ4n) is 5.29. The van der Waals surface area contributed by atoms with E-state index in [9.17, 15) is 14.7 Å². The standard InChI is InChI=1S/C31H30ClN5O3S/c1-17(2)29(38)34-24-13-12-20(16-23(24)32)37-28(27(35-31(37)41)25-10-7-8-14-33-25)22-15-18(3)36(19(22)4)26-11-6-5-9-21(26)30(39)40/h5-17,27-28H,1-4H3,(H,34,38)(H,35,41)(H,39,40)/t27-,28+/m1/s1. The molecule has 5 rings (SSSR count). The molecule has 1 aliphatic rings. The first-order chi connectivity index (χ1) is 19.6. The van der Waals surface area contributed by atoms with Crippen molar-refractivity contribution in [2.75, 3.05) is 10.2 Å². The molecule has 0 saturated carbocycles. The van der Waals surface area contributed by atoms with Gasteiger partial charge in [0.1, 0.15) is 0 Å². The number of amides is 1. The molecule has 1 saturated heterocycles. The minimum absolute atomic E-state index is 0.125. The van der Waals surface area contributed by atoms with E-state index in [0.717, 1.165) is 28.3 Å². The van der Waals surface area contributed by atoms with Gasteiger partial charge in [-0.15, -0.1) is 0 Å². The van der Waals surface area contributed by atoms with Crippen LogP contribution in [-0.2, 0) is 4.79 Å². The highest BCUT2D eigenvalue weighted by atomic mass is 35.5. The Morgan fingerprint density at radius 3 is 2.46 bits per heavy atom. The number of carbonyl (C=O) groups excluding carboxylic acids is 1. The molecule has 1 amide bonds. The van der Waals surface area contributed by atoms with Gasteiger partial charge in [-0.2, -0.15) is 0 Å². The molecule has 0 unspecified atom stereocenters. The van der Waals surface area contributed by atoms with Crippen LogP contribution < -0.4 is 15.5 Å². The first-order valence-corrected chi connectivity index (χ1v) is 14.0. The molecular formula is C31H30ClN5O3S. The maximum atomic E-state index is 12.3. The molecule has 10 heteroatoms. The van der Waals surface area contributed by atoms with E-state index in [1.165, 1.54) is 0 Å². The highest BCUT2D eigenvalue weighted by Crippen LogP contribution is 2.45. The number of thiocarbonyl (C=S) groups is 1. The number of anilines is 2. The summed E-state index contributed by atoms with van der Waals surface area (Å²) in [6, 6.07) is 19.6. The molecule has 0 spiro atoms. The summed E-state index contributed by atoms with van der Waals surface area (Å²) < 4.78 is 1.96. The third-order valence-corrected chi connectivity index (χ3v) is 7.90. The van der Waals surface area contributed by atoms with Crippen molar-refractivity contribution in [1.29, 1.82) is 0 Å². The van der Waals surface area contributed by atoms with Gasteiger partial charge in [0, 0.05) is 29.2 Å². The number of pyridine rings is 1. The minimum atomic E-state index is -0.995. The Kier molecular flexibility index (Phi) is 7.84. The number of nitrogens with zero attached hydrogens (tertiary/aromatic N) is 3. The summed E-state index contributed by atoms with van der Waals surface area (Å²) in [4.78, 5) is 31.0. The van der Waals surface area contributed by atoms with E-state index in [-0.39, 0.29) is 29.5 Å². The van der Waals surface area contributed by atoms with Crippen LogP contribution in [0, 0.1) is 19.8 Å². The van der Waals surface area contributed by atoms with Crippen molar-refractivity contribution in [3.05, 3.63) is 106 Å². The fraction of sp³-hybridized carbons (Fsp3) is 0.226. The number of aromatic carboxylic acids is 1. The molecule has 0 bridgehead atoms. The number of aromatic nitrogens is 2. The van der Waals surface area contributed by atoms with E-state index in [2.05, 4.69) is 21.7 Å². The molecule has 3 heterocycles. The number of benzene rings is 2. The first-order valence-electron chi connectivity index (χ1n) is 13.2. The highest BCUT2D eigenvalue weighted by molar-refractivity contribution is 7.80. The van der Waals surface area contributed by atoms with Gasteiger partial charge < -0.3 is 25.2 Å². The molecule has 2 atom stereocenters. The molecule has 41 heavy (non-hydrogen) atoms. The number of nitrogens with one attached hydrogen (secondary N) is 2. The lowest BCUT2D eigenvalue weighted by molar-refractivity contribution is -0.118. The van der Waals surface area contributed by atoms with Gasteiger partial charge in [-0.1, -0.05) is 43.6 Å². The van der Waals surface area contributed by atoms with Crippen molar-refractivity contribution in [2.45, 2.75) is 39.8 Å². The summed E-state index contributed by atoms with van der Waals surface area (Å²) in [7, 11) is 0. The van der Waals surface area contributed by atoms with Crippen LogP contribution in [0.5, 0.6) is 0 Å². The number of carboxylic acids is 1. The van der Waals surface area contributed by atoms with E-state index in [1.54, 1.807) is 30.5 Å². The van der Waals surface area contributed by atoms with Crippen molar-refractivity contribution >= 4 is 52.2 Å². The fourth-order valence-corrected chi connectivity index (χ4v) is 5.86. The van der Waals surface area contributed by atoms with E-state index in [0.29, 0.717) is 21.5 Å². The van der Waals surface area contributed by atoms with Crippen LogP contribution >= 0.6 is 23.8 Å². The average Bonchev–Trinajstić information content (AvgIpc) is 3.44. The maximum Gasteiger partial charge on any atom is 0.337 e. The zero-order chi connectivity index (χ0) is 29.4. The van der Waals surface area contributed by atoms with Crippen molar-refractivity contribution in [1.82, 2.24) is 14.9 Å².